The van der Waals surface area contributed by atoms with Crippen molar-refractivity contribution in [1.82, 2.24) is 4.90 Å². The van der Waals surface area contributed by atoms with Gasteiger partial charge in [-0.25, -0.2) is 0 Å². The molecule has 1 aliphatic rings. The van der Waals surface area contributed by atoms with Crippen molar-refractivity contribution < 1.29 is 14.3 Å². The minimum Gasteiger partial charge on any atom is -0.495 e. The molecule has 2 aromatic rings. The zero-order valence-corrected chi connectivity index (χ0v) is 15.8. The van der Waals surface area contributed by atoms with Gasteiger partial charge >= 0.3 is 0 Å². The first kappa shape index (κ1) is 18.4. The van der Waals surface area contributed by atoms with Crippen LogP contribution in [-0.4, -0.2) is 50.2 Å². The molecule has 1 amide bonds. The van der Waals surface area contributed by atoms with Crippen molar-refractivity contribution in [1.29, 1.82) is 0 Å². The van der Waals surface area contributed by atoms with Gasteiger partial charge in [0, 0.05) is 26.2 Å². The molecule has 3 rings (SSSR count). The van der Waals surface area contributed by atoms with Gasteiger partial charge in [0.05, 0.1) is 17.8 Å². The summed E-state index contributed by atoms with van der Waals surface area (Å²) in [7, 11) is 1.67. The molecule has 26 heavy (non-hydrogen) atoms. The summed E-state index contributed by atoms with van der Waals surface area (Å²) in [5, 5.41) is 0.508. The fourth-order valence-electron chi connectivity index (χ4n) is 3.10. The molecule has 2 aromatic carbocycles. The van der Waals surface area contributed by atoms with Crippen molar-refractivity contribution in [3.8, 4) is 11.5 Å². The summed E-state index contributed by atoms with van der Waals surface area (Å²) in [6.07, 6.45) is -0.576. The molecule has 0 aliphatic carbocycles. The second kappa shape index (κ2) is 8.32. The highest BCUT2D eigenvalue weighted by molar-refractivity contribution is 6.32. The molecule has 0 aromatic heterocycles. The highest BCUT2D eigenvalue weighted by Gasteiger charge is 2.27. The maximum absolute atomic E-state index is 12.7. The zero-order valence-electron chi connectivity index (χ0n) is 15.0. The Bertz CT molecular complexity index is 760. The van der Waals surface area contributed by atoms with Crippen molar-refractivity contribution in [2.75, 3.05) is 38.2 Å². The normalized spacial score (nSPS) is 15.5. The molecule has 0 N–H and O–H groups in total. The van der Waals surface area contributed by atoms with Crippen LogP contribution in [0.4, 0.5) is 5.69 Å². The second-order valence-electron chi connectivity index (χ2n) is 6.17. The highest BCUT2D eigenvalue weighted by Crippen LogP contribution is 2.29. The second-order valence-corrected chi connectivity index (χ2v) is 6.58. The Morgan fingerprint density at radius 1 is 1.00 bits per heavy atom. The lowest BCUT2D eigenvalue weighted by Crippen LogP contribution is -2.52. The molecular weight excluding hydrogens is 352 g/mol. The largest absolute Gasteiger partial charge is 0.495 e. The summed E-state index contributed by atoms with van der Waals surface area (Å²) in [6.45, 7) is 4.56. The first-order valence-corrected chi connectivity index (χ1v) is 9.06. The van der Waals surface area contributed by atoms with E-state index in [1.807, 2.05) is 41.3 Å². The summed E-state index contributed by atoms with van der Waals surface area (Å²) in [5.41, 5.74) is 1.06. The molecular formula is C20H23ClN2O3. The Balaban J connectivity index is 1.59. The summed E-state index contributed by atoms with van der Waals surface area (Å²) in [6, 6.07) is 15.1. The van der Waals surface area contributed by atoms with Crippen LogP contribution < -0.4 is 14.4 Å². The number of carbonyl (C=O) groups excluding carboxylic acids is 1. The average Bonchev–Trinajstić information content (AvgIpc) is 2.69. The SMILES string of the molecule is COc1ccccc1N1CCN(C(=O)[C@H](C)Oc2ccccc2Cl)CC1. The molecule has 1 atom stereocenters. The van der Waals surface area contributed by atoms with E-state index >= 15 is 0 Å². The number of carbonyl (C=O) groups is 1. The van der Waals surface area contributed by atoms with Crippen LogP contribution in [0.2, 0.25) is 5.02 Å². The number of rotatable bonds is 5. The quantitative estimate of drug-likeness (QED) is 0.803. The Hall–Kier alpha value is -2.40. The average molecular weight is 375 g/mol. The molecule has 0 bridgehead atoms. The summed E-state index contributed by atoms with van der Waals surface area (Å²) in [4.78, 5) is 16.8. The van der Waals surface area contributed by atoms with Crippen LogP contribution in [0.5, 0.6) is 11.5 Å². The van der Waals surface area contributed by atoms with Crippen LogP contribution in [-0.2, 0) is 4.79 Å². The minimum absolute atomic E-state index is 0.0235. The van der Waals surface area contributed by atoms with Gasteiger partial charge in [-0.15, -0.1) is 0 Å². The van der Waals surface area contributed by atoms with Gasteiger partial charge < -0.3 is 19.3 Å². The molecule has 5 nitrogen and oxygen atoms in total. The Morgan fingerprint density at radius 3 is 2.27 bits per heavy atom. The molecule has 0 spiro atoms. The van der Waals surface area contributed by atoms with Crippen LogP contribution in [0.25, 0.3) is 0 Å². The predicted octanol–water partition coefficient (Wildman–Crippen LogP) is 3.46. The number of nitrogens with zero attached hydrogens (tertiary/aromatic N) is 2. The predicted molar refractivity (Wildman–Crippen MR) is 103 cm³/mol. The van der Waals surface area contributed by atoms with Crippen LogP contribution >= 0.6 is 11.6 Å². The highest BCUT2D eigenvalue weighted by atomic mass is 35.5. The van der Waals surface area contributed by atoms with E-state index in [4.69, 9.17) is 21.1 Å². The number of piperazine rings is 1. The third kappa shape index (κ3) is 4.05. The molecule has 6 heteroatoms. The maximum Gasteiger partial charge on any atom is 0.263 e. The molecule has 1 heterocycles. The number of amides is 1. The van der Waals surface area contributed by atoms with E-state index in [9.17, 15) is 4.79 Å². The third-order valence-corrected chi connectivity index (χ3v) is 4.82. The number of benzene rings is 2. The fraction of sp³-hybridized carbons (Fsp3) is 0.350. The smallest absolute Gasteiger partial charge is 0.263 e. The fourth-order valence-corrected chi connectivity index (χ4v) is 3.28. The minimum atomic E-state index is -0.576. The van der Waals surface area contributed by atoms with E-state index in [1.165, 1.54) is 0 Å². The lowest BCUT2D eigenvalue weighted by molar-refractivity contribution is -0.138. The third-order valence-electron chi connectivity index (χ3n) is 4.51. The summed E-state index contributed by atoms with van der Waals surface area (Å²) >= 11 is 6.11. The van der Waals surface area contributed by atoms with Crippen molar-refractivity contribution in [2.24, 2.45) is 0 Å². The molecule has 1 fully saturated rings. The van der Waals surface area contributed by atoms with E-state index in [1.54, 1.807) is 26.2 Å². The van der Waals surface area contributed by atoms with Gasteiger partial charge in [0.25, 0.3) is 5.91 Å². The van der Waals surface area contributed by atoms with Crippen LogP contribution in [0.15, 0.2) is 48.5 Å². The molecule has 1 saturated heterocycles. The standard InChI is InChI=1S/C20H23ClN2O3/c1-15(26-18-9-5-3-7-16(18)21)20(24)23-13-11-22(12-14-23)17-8-4-6-10-19(17)25-2/h3-10,15H,11-14H2,1-2H3/t15-/m0/s1. The molecule has 0 unspecified atom stereocenters. The Kier molecular flexibility index (Phi) is 5.89. The molecule has 138 valence electrons. The maximum atomic E-state index is 12.7. The van der Waals surface area contributed by atoms with Gasteiger partial charge in [0.15, 0.2) is 6.10 Å². The lowest BCUT2D eigenvalue weighted by atomic mass is 10.2. The number of hydrogen-bond acceptors (Lipinski definition) is 4. The van der Waals surface area contributed by atoms with Crippen LogP contribution in [0.1, 0.15) is 6.92 Å². The van der Waals surface area contributed by atoms with E-state index in [0.717, 1.165) is 24.5 Å². The van der Waals surface area contributed by atoms with Gasteiger partial charge in [0.2, 0.25) is 0 Å². The number of ether oxygens (including phenoxy) is 2. The van der Waals surface area contributed by atoms with Gasteiger partial charge in [-0.1, -0.05) is 35.9 Å². The zero-order chi connectivity index (χ0) is 18.5. The Morgan fingerprint density at radius 2 is 1.62 bits per heavy atom. The van der Waals surface area contributed by atoms with E-state index in [2.05, 4.69) is 4.90 Å². The van der Waals surface area contributed by atoms with E-state index in [0.29, 0.717) is 23.9 Å². The van der Waals surface area contributed by atoms with Gasteiger partial charge in [-0.05, 0) is 31.2 Å². The van der Waals surface area contributed by atoms with Crippen molar-refractivity contribution in [3.05, 3.63) is 53.6 Å². The number of hydrogen-bond donors (Lipinski definition) is 0. The van der Waals surface area contributed by atoms with Crippen LogP contribution in [0.3, 0.4) is 0 Å². The summed E-state index contributed by atoms with van der Waals surface area (Å²) in [5.74, 6) is 1.36. The van der Waals surface area contributed by atoms with Crippen molar-refractivity contribution >= 4 is 23.2 Å². The first-order chi connectivity index (χ1) is 12.6. The van der Waals surface area contributed by atoms with Gasteiger partial charge in [0.1, 0.15) is 11.5 Å². The molecule has 0 saturated carbocycles. The first-order valence-electron chi connectivity index (χ1n) is 8.68. The number of anilines is 1. The topological polar surface area (TPSA) is 42.0 Å². The van der Waals surface area contributed by atoms with Gasteiger partial charge in [-0.2, -0.15) is 0 Å². The number of halogens is 1. The monoisotopic (exact) mass is 374 g/mol. The van der Waals surface area contributed by atoms with E-state index < -0.39 is 6.10 Å². The Labute approximate surface area is 159 Å². The van der Waals surface area contributed by atoms with Gasteiger partial charge in [-0.3, -0.25) is 4.79 Å². The number of para-hydroxylation sites is 3. The molecule has 0 radical (unpaired) electrons. The lowest BCUT2D eigenvalue weighted by Gasteiger charge is -2.37. The summed E-state index contributed by atoms with van der Waals surface area (Å²) < 4.78 is 11.2. The van der Waals surface area contributed by atoms with Crippen molar-refractivity contribution in [3.63, 3.8) is 0 Å². The number of methoxy groups -OCH3 is 1. The van der Waals surface area contributed by atoms with E-state index in [-0.39, 0.29) is 5.91 Å². The van der Waals surface area contributed by atoms with Crippen molar-refractivity contribution in [2.45, 2.75) is 13.0 Å². The van der Waals surface area contributed by atoms with Crippen LogP contribution in [0, 0.1) is 0 Å². The molecule has 1 aliphatic heterocycles.